The molecule has 4 N–H and O–H groups in total. The number of thiazole rings is 1. The Morgan fingerprint density at radius 3 is 2.68 bits per heavy atom. The fourth-order valence-corrected chi connectivity index (χ4v) is 2.94. The van der Waals surface area contributed by atoms with Crippen molar-refractivity contribution in [2.75, 3.05) is 12.3 Å². The molecule has 2 rings (SSSR count). The van der Waals surface area contributed by atoms with Crippen LogP contribution in [-0.2, 0) is 24.7 Å². The number of nitrogens with zero attached hydrogens (tertiary/aromatic N) is 3. The van der Waals surface area contributed by atoms with E-state index in [1.54, 1.807) is 13.8 Å². The maximum atomic E-state index is 12.3. The number of hydrogen-bond acceptors (Lipinski definition) is 9. The molecule has 1 aliphatic heterocycles. The first kappa shape index (κ1) is 21.8. The molecular weight excluding hydrogens is 385 g/mol. The molecule has 25 heavy (non-hydrogen) atoms. The molecule has 1 aliphatic rings. The van der Waals surface area contributed by atoms with Crippen LogP contribution >= 0.6 is 11.3 Å². The quantitative estimate of drug-likeness (QED) is 0.167. The van der Waals surface area contributed by atoms with Gasteiger partial charge in [-0.15, -0.1) is 11.3 Å². The zero-order chi connectivity index (χ0) is 18.1. The number of carbonyl (C=O) groups is 2. The topological polar surface area (TPSA) is 164 Å². The summed E-state index contributed by atoms with van der Waals surface area (Å²) in [6.07, 6.45) is -0.302. The van der Waals surface area contributed by atoms with Crippen molar-refractivity contribution in [3.63, 3.8) is 0 Å². The molecule has 1 aromatic heterocycles. The number of nitrogens with two attached hydrogens (primary N) is 1. The van der Waals surface area contributed by atoms with E-state index < -0.39 is 28.2 Å². The third-order valence-electron chi connectivity index (χ3n) is 2.81. The van der Waals surface area contributed by atoms with Crippen molar-refractivity contribution < 1.29 is 27.4 Å². The fraction of sp³-hybridized carbons (Fsp3) is 0.455. The Morgan fingerprint density at radius 1 is 1.60 bits per heavy atom. The molecule has 1 unspecified atom stereocenters. The monoisotopic (exact) mass is 401 g/mol. The summed E-state index contributed by atoms with van der Waals surface area (Å²) in [5, 5.41) is 7.72. The maximum absolute atomic E-state index is 12.3. The molecule has 1 fully saturated rings. The minimum atomic E-state index is -4.62. The summed E-state index contributed by atoms with van der Waals surface area (Å²) in [6.45, 7) is 3.03. The number of β-lactam (4-membered cyclic amide) rings is 1. The van der Waals surface area contributed by atoms with E-state index in [-0.39, 0.29) is 63.0 Å². The van der Waals surface area contributed by atoms with E-state index in [1.807, 2.05) is 0 Å². The van der Waals surface area contributed by atoms with Gasteiger partial charge in [0.1, 0.15) is 17.8 Å². The van der Waals surface area contributed by atoms with Gasteiger partial charge >= 0.3 is 39.9 Å². The van der Waals surface area contributed by atoms with Crippen molar-refractivity contribution >= 4 is 73.9 Å². The molecule has 2 amide bonds. The van der Waals surface area contributed by atoms with Crippen molar-refractivity contribution in [3.8, 4) is 0 Å². The van der Waals surface area contributed by atoms with Gasteiger partial charge in [-0.25, -0.2) is 9.29 Å². The van der Waals surface area contributed by atoms with E-state index in [0.29, 0.717) is 0 Å². The number of aromatic nitrogens is 1. The zero-order valence-electron chi connectivity index (χ0n) is 12.7. The third-order valence-corrected chi connectivity index (χ3v) is 4.37. The Bertz CT molecular complexity index is 793. The van der Waals surface area contributed by atoms with Crippen LogP contribution in [0.5, 0.6) is 0 Å². The number of nitrogens with one attached hydrogen (secondary N) is 1. The summed E-state index contributed by atoms with van der Waals surface area (Å²) in [6, 6.07) is -1.10. The first-order valence-electron chi connectivity index (χ1n) is 6.64. The summed E-state index contributed by atoms with van der Waals surface area (Å²) in [4.78, 5) is 32.9. The molecular formula is C11H16N5NaO6S2. The molecule has 0 aliphatic carbocycles. The number of anilines is 1. The summed E-state index contributed by atoms with van der Waals surface area (Å²) >= 11 is 1.09. The van der Waals surface area contributed by atoms with E-state index in [2.05, 4.69) is 15.5 Å². The molecule has 14 heteroatoms. The molecule has 0 radical (unpaired) electrons. The van der Waals surface area contributed by atoms with Crippen LogP contribution in [0, 0.1) is 0 Å². The Morgan fingerprint density at radius 2 is 2.24 bits per heavy atom. The Balaban J connectivity index is 0.00000312. The molecule has 11 nitrogen and oxygen atoms in total. The van der Waals surface area contributed by atoms with Gasteiger partial charge in [-0.3, -0.25) is 14.1 Å². The molecule has 1 atom stereocenters. The second-order valence-electron chi connectivity index (χ2n) is 5.04. The number of hydrogen-bond donors (Lipinski definition) is 3. The molecule has 0 saturated carbocycles. The third kappa shape index (κ3) is 5.36. The zero-order valence-corrected chi connectivity index (χ0v) is 14.3. The normalized spacial score (nSPS) is 17.8. The standard InChI is InChI=1S/C11H15N5O6S2.Na.H/c1-5(2)22-15-8(7-4-23-11(12)14-7)9(17)13-6-3-16(10(6)18)24(19,20)21;;/h4-6H,3H2,1-2H3,(H2,12,14)(H,13,17)(H,19,20,21);;. The second kappa shape index (κ2) is 8.42. The molecule has 0 bridgehead atoms. The van der Waals surface area contributed by atoms with Gasteiger partial charge in [0.25, 0.3) is 11.8 Å². The summed E-state index contributed by atoms with van der Waals surface area (Å²) in [5.74, 6) is -1.73. The Hall–Kier alpha value is -1.25. The first-order valence-corrected chi connectivity index (χ1v) is 8.92. The van der Waals surface area contributed by atoms with Gasteiger partial charge < -0.3 is 15.9 Å². The van der Waals surface area contributed by atoms with Crippen molar-refractivity contribution in [1.29, 1.82) is 0 Å². The van der Waals surface area contributed by atoms with E-state index in [1.165, 1.54) is 5.38 Å². The van der Waals surface area contributed by atoms with Gasteiger partial charge in [0, 0.05) is 5.38 Å². The number of amides is 2. The Kier molecular flexibility index (Phi) is 7.34. The van der Waals surface area contributed by atoms with Crippen molar-refractivity contribution in [2.24, 2.45) is 5.16 Å². The first-order chi connectivity index (χ1) is 11.1. The van der Waals surface area contributed by atoms with Crippen LogP contribution in [0.2, 0.25) is 0 Å². The predicted molar refractivity (Wildman–Crippen MR) is 91.6 cm³/mol. The van der Waals surface area contributed by atoms with Gasteiger partial charge in [0.2, 0.25) is 0 Å². The fourth-order valence-electron chi connectivity index (χ4n) is 1.70. The van der Waals surface area contributed by atoms with Gasteiger partial charge in [0.15, 0.2) is 10.8 Å². The number of rotatable bonds is 6. The van der Waals surface area contributed by atoms with Crippen molar-refractivity contribution in [2.45, 2.75) is 26.0 Å². The summed E-state index contributed by atoms with van der Waals surface area (Å²) in [7, 11) is -4.62. The van der Waals surface area contributed by atoms with Crippen LogP contribution in [0.15, 0.2) is 10.5 Å². The van der Waals surface area contributed by atoms with Crippen LogP contribution in [0.25, 0.3) is 0 Å². The summed E-state index contributed by atoms with van der Waals surface area (Å²) < 4.78 is 30.8. The van der Waals surface area contributed by atoms with Gasteiger partial charge in [-0.2, -0.15) is 8.42 Å². The van der Waals surface area contributed by atoms with Crippen LogP contribution in [0.4, 0.5) is 5.13 Å². The Labute approximate surface area is 169 Å². The SMILES string of the molecule is CC(C)ON=C(C(=O)NC1CN(S(=O)(=O)O)C1=O)c1csc(N)n1.[NaH]. The predicted octanol–water partition coefficient (Wildman–Crippen LogP) is -1.66. The van der Waals surface area contributed by atoms with E-state index in [4.69, 9.17) is 15.1 Å². The van der Waals surface area contributed by atoms with Crippen molar-refractivity contribution in [1.82, 2.24) is 14.6 Å². The van der Waals surface area contributed by atoms with E-state index in [0.717, 1.165) is 11.3 Å². The molecule has 1 aromatic rings. The van der Waals surface area contributed by atoms with Crippen LogP contribution in [0.1, 0.15) is 19.5 Å². The summed E-state index contributed by atoms with van der Waals surface area (Å²) in [5.41, 5.74) is 5.49. The van der Waals surface area contributed by atoms with Gasteiger partial charge in [-0.1, -0.05) is 5.16 Å². The second-order valence-corrected chi connectivity index (χ2v) is 7.26. The van der Waals surface area contributed by atoms with E-state index >= 15 is 0 Å². The average molecular weight is 401 g/mol. The number of carbonyl (C=O) groups excluding carboxylic acids is 2. The van der Waals surface area contributed by atoms with Gasteiger partial charge in [-0.05, 0) is 13.8 Å². The van der Waals surface area contributed by atoms with E-state index in [9.17, 15) is 18.0 Å². The minimum absolute atomic E-state index is 0. The number of nitrogen functional groups attached to an aromatic ring is 1. The molecule has 0 spiro atoms. The average Bonchev–Trinajstić information content (AvgIpc) is 2.87. The molecule has 2 heterocycles. The molecule has 1 saturated heterocycles. The number of oxime groups is 1. The molecule has 0 aromatic carbocycles. The molecule has 134 valence electrons. The van der Waals surface area contributed by atoms with Crippen LogP contribution < -0.4 is 11.1 Å². The van der Waals surface area contributed by atoms with Crippen LogP contribution in [0.3, 0.4) is 0 Å². The van der Waals surface area contributed by atoms with Crippen molar-refractivity contribution in [3.05, 3.63) is 11.1 Å². The van der Waals surface area contributed by atoms with Crippen LogP contribution in [-0.4, -0.2) is 88.0 Å². The van der Waals surface area contributed by atoms with Gasteiger partial charge in [0.05, 0.1) is 6.54 Å².